The van der Waals surface area contributed by atoms with Crippen LogP contribution in [0.2, 0.25) is 0 Å². The molecule has 342 valence electrons. The van der Waals surface area contributed by atoms with Gasteiger partial charge in [0, 0.05) is 25.1 Å². The Morgan fingerprint density at radius 3 is 2.03 bits per heavy atom. The molecule has 3 N–H and O–H groups in total. The lowest BCUT2D eigenvalue weighted by molar-refractivity contribution is -0.149. The Hall–Kier alpha value is -5.88. The van der Waals surface area contributed by atoms with Gasteiger partial charge in [0.1, 0.15) is 23.7 Å². The van der Waals surface area contributed by atoms with Crippen LogP contribution in [0, 0.1) is 24.2 Å². The van der Waals surface area contributed by atoms with Crippen LogP contribution in [0.25, 0.3) is 0 Å². The molecule has 3 aromatic rings. The van der Waals surface area contributed by atoms with Gasteiger partial charge in [0.05, 0.1) is 38.0 Å². The lowest BCUT2D eigenvalue weighted by atomic mass is 9.93. The van der Waals surface area contributed by atoms with Gasteiger partial charge >= 0.3 is 5.97 Å². The first-order chi connectivity index (χ1) is 30.6. The average molecular weight is 878 g/mol. The molecule has 0 aliphatic carbocycles. The normalized spacial score (nSPS) is 17.8. The molecule has 0 bridgehead atoms. The Morgan fingerprint density at radius 2 is 1.42 bits per heavy atom. The molecule has 2 saturated heterocycles. The SMILES string of the molecule is C#Cc1cccc(C(=O)OCN(C(=O)[C@H](CCc2ccccc2)NC(=O)CN2CCOCC2)[C@@H](CC(C)C)C(=O)N[C@@H](Cc2ccccc2)C(=O)N[C@@H](CC(C)C)C(=O)[C@@]2(C)CO2)c1. The molecule has 2 aliphatic heterocycles. The maximum atomic E-state index is 15.2. The van der Waals surface area contributed by atoms with E-state index in [-0.39, 0.29) is 55.6 Å². The van der Waals surface area contributed by atoms with E-state index < -0.39 is 66.1 Å². The van der Waals surface area contributed by atoms with Gasteiger partial charge < -0.3 is 30.2 Å². The van der Waals surface area contributed by atoms with Gasteiger partial charge in [-0.3, -0.25) is 33.8 Å². The van der Waals surface area contributed by atoms with Crippen LogP contribution in [0.15, 0.2) is 84.9 Å². The third-order valence-corrected chi connectivity index (χ3v) is 11.3. The minimum atomic E-state index is -1.29. The predicted molar refractivity (Wildman–Crippen MR) is 242 cm³/mol. The first-order valence-electron chi connectivity index (χ1n) is 22.2. The summed E-state index contributed by atoms with van der Waals surface area (Å²) in [4.78, 5) is 88.5. The summed E-state index contributed by atoms with van der Waals surface area (Å²) in [6.45, 7) is 11.0. The number of nitrogens with zero attached hydrogens (tertiary/aromatic N) is 2. The van der Waals surface area contributed by atoms with Gasteiger partial charge in [0.25, 0.3) is 0 Å². The Morgan fingerprint density at radius 1 is 0.797 bits per heavy atom. The van der Waals surface area contributed by atoms with Crippen LogP contribution in [-0.2, 0) is 51.0 Å². The van der Waals surface area contributed by atoms with E-state index in [1.54, 1.807) is 19.1 Å². The number of terminal acetylenes is 1. The fourth-order valence-electron chi connectivity index (χ4n) is 7.61. The molecule has 64 heavy (non-hydrogen) atoms. The molecule has 5 atom stereocenters. The topological polar surface area (TPSA) is 176 Å². The van der Waals surface area contributed by atoms with Crippen LogP contribution >= 0.6 is 0 Å². The van der Waals surface area contributed by atoms with Crippen molar-refractivity contribution in [1.29, 1.82) is 0 Å². The van der Waals surface area contributed by atoms with Crippen molar-refractivity contribution in [2.24, 2.45) is 11.8 Å². The minimum Gasteiger partial charge on any atom is -0.441 e. The van der Waals surface area contributed by atoms with Gasteiger partial charge in [-0.2, -0.15) is 0 Å². The zero-order valence-corrected chi connectivity index (χ0v) is 37.7. The molecule has 0 radical (unpaired) electrons. The first-order valence-corrected chi connectivity index (χ1v) is 22.2. The number of carbonyl (C=O) groups excluding carboxylic acids is 6. The van der Waals surface area contributed by atoms with Gasteiger partial charge in [0.2, 0.25) is 23.6 Å². The van der Waals surface area contributed by atoms with Gasteiger partial charge in [-0.05, 0) is 73.8 Å². The number of hydrogen-bond donors (Lipinski definition) is 3. The predicted octanol–water partition coefficient (Wildman–Crippen LogP) is 4.09. The van der Waals surface area contributed by atoms with Crippen molar-refractivity contribution in [3.8, 4) is 12.3 Å². The average Bonchev–Trinajstić information content (AvgIpc) is 4.05. The van der Waals surface area contributed by atoms with E-state index in [1.165, 1.54) is 17.0 Å². The number of esters is 1. The summed E-state index contributed by atoms with van der Waals surface area (Å²) in [7, 11) is 0. The lowest BCUT2D eigenvalue weighted by Gasteiger charge is -2.35. The summed E-state index contributed by atoms with van der Waals surface area (Å²) in [5, 5.41) is 8.79. The van der Waals surface area contributed by atoms with Crippen molar-refractivity contribution in [2.45, 2.75) is 96.5 Å². The van der Waals surface area contributed by atoms with Crippen molar-refractivity contribution >= 4 is 35.4 Å². The molecule has 2 heterocycles. The zero-order valence-electron chi connectivity index (χ0n) is 37.7. The zero-order chi connectivity index (χ0) is 46.2. The highest BCUT2D eigenvalue weighted by Gasteiger charge is 2.50. The molecule has 4 amide bonds. The molecule has 2 fully saturated rings. The van der Waals surface area contributed by atoms with E-state index in [2.05, 4.69) is 21.9 Å². The van der Waals surface area contributed by atoms with Crippen molar-refractivity contribution in [2.75, 3.05) is 46.2 Å². The summed E-state index contributed by atoms with van der Waals surface area (Å²) in [5.74, 6) is -0.980. The van der Waals surface area contributed by atoms with Crippen LogP contribution in [0.4, 0.5) is 0 Å². The summed E-state index contributed by atoms with van der Waals surface area (Å²) >= 11 is 0. The van der Waals surface area contributed by atoms with Crippen molar-refractivity contribution in [3.05, 3.63) is 107 Å². The van der Waals surface area contributed by atoms with Crippen LogP contribution < -0.4 is 16.0 Å². The fraction of sp³-hybridized carbons (Fsp3) is 0.480. The second-order valence-corrected chi connectivity index (χ2v) is 17.6. The Bertz CT molecular complexity index is 2090. The fourth-order valence-corrected chi connectivity index (χ4v) is 7.61. The molecule has 14 nitrogen and oxygen atoms in total. The van der Waals surface area contributed by atoms with Crippen molar-refractivity contribution in [1.82, 2.24) is 25.8 Å². The van der Waals surface area contributed by atoms with E-state index in [0.29, 0.717) is 44.7 Å². The summed E-state index contributed by atoms with van der Waals surface area (Å²) in [6, 6.07) is 20.4. The van der Waals surface area contributed by atoms with Gasteiger partial charge in [-0.1, -0.05) is 100 Å². The largest absolute Gasteiger partial charge is 0.441 e. The molecule has 14 heteroatoms. The number of carbonyl (C=O) groups is 6. The minimum absolute atomic E-state index is 0.0246. The lowest BCUT2D eigenvalue weighted by Crippen LogP contribution is -2.60. The quantitative estimate of drug-likeness (QED) is 0.0545. The molecule has 0 unspecified atom stereocenters. The molecule has 2 aliphatic rings. The number of benzene rings is 3. The molecule has 0 aromatic heterocycles. The smallest absolute Gasteiger partial charge is 0.339 e. The molecule has 3 aromatic carbocycles. The number of Topliss-reactive ketones (excluding diaryl/α,β-unsaturated/α-hetero) is 1. The first kappa shape index (κ1) is 49.1. The Labute approximate surface area is 377 Å². The van der Waals surface area contributed by atoms with Gasteiger partial charge in [-0.25, -0.2) is 4.79 Å². The number of amides is 4. The third kappa shape index (κ3) is 14.9. The van der Waals surface area contributed by atoms with Crippen LogP contribution in [0.1, 0.15) is 80.9 Å². The number of ketones is 1. The summed E-state index contributed by atoms with van der Waals surface area (Å²) in [6.07, 6.45) is 6.68. The maximum absolute atomic E-state index is 15.2. The second kappa shape index (κ2) is 23.7. The number of nitrogens with one attached hydrogen (secondary N) is 3. The van der Waals surface area contributed by atoms with E-state index in [4.69, 9.17) is 20.6 Å². The summed E-state index contributed by atoms with van der Waals surface area (Å²) in [5.41, 5.74) is 1.26. The number of hydrogen-bond acceptors (Lipinski definition) is 10. The number of aryl methyl sites for hydroxylation is 1. The van der Waals surface area contributed by atoms with Crippen LogP contribution in [0.5, 0.6) is 0 Å². The Kier molecular flexibility index (Phi) is 18.2. The summed E-state index contributed by atoms with van der Waals surface area (Å²) < 4.78 is 16.7. The standard InChI is InChI=1S/C50H63N5O9/c1-7-36-19-14-20-39(29-36)49(61)63-33-55(48(60)40(22-21-37-15-10-8-11-16-37)51-44(56)31-54-23-25-62-26-24-54)43(28-35(4)5)47(59)53-42(30-38-17-12-9-13-18-38)46(58)52-41(27-34(2)3)45(57)50(6)32-64-50/h1,8-20,29,34-35,40-43H,21-28,30-33H2,2-6H3,(H,51,56)(H,52,58)(H,53,59)/t40-,41-,42-,43-,50+/m0/s1. The van der Waals surface area contributed by atoms with Gasteiger partial charge in [-0.15, -0.1) is 6.42 Å². The molecule has 5 rings (SSSR count). The number of epoxide rings is 1. The van der Waals surface area contributed by atoms with E-state index >= 15 is 4.79 Å². The van der Waals surface area contributed by atoms with Crippen molar-refractivity contribution < 1.29 is 43.0 Å². The maximum Gasteiger partial charge on any atom is 0.339 e. The molecular formula is C50H63N5O9. The molecule has 0 saturated carbocycles. The van der Waals surface area contributed by atoms with E-state index in [9.17, 15) is 24.0 Å². The Balaban J connectivity index is 1.50. The highest BCUT2D eigenvalue weighted by Crippen LogP contribution is 2.30. The molecular weight excluding hydrogens is 815 g/mol. The monoisotopic (exact) mass is 877 g/mol. The van der Waals surface area contributed by atoms with E-state index in [1.807, 2.05) is 93.3 Å². The van der Waals surface area contributed by atoms with Crippen molar-refractivity contribution in [3.63, 3.8) is 0 Å². The highest BCUT2D eigenvalue weighted by molar-refractivity contribution is 5.99. The van der Waals surface area contributed by atoms with E-state index in [0.717, 1.165) is 11.1 Å². The second-order valence-electron chi connectivity index (χ2n) is 17.6. The highest BCUT2D eigenvalue weighted by atomic mass is 16.6. The molecule has 0 spiro atoms. The number of rotatable bonds is 23. The third-order valence-electron chi connectivity index (χ3n) is 11.3. The van der Waals surface area contributed by atoms with Gasteiger partial charge in [0.15, 0.2) is 12.5 Å². The van der Waals surface area contributed by atoms with Crippen LogP contribution in [0.3, 0.4) is 0 Å². The number of ether oxygens (including phenoxy) is 3. The van der Waals surface area contributed by atoms with Crippen LogP contribution in [-0.4, -0.2) is 121 Å². The number of morpholine rings is 1.